The maximum atomic E-state index is 6.03. The third kappa shape index (κ3) is 3.29. The van der Waals surface area contributed by atoms with E-state index in [1.165, 1.54) is 0 Å². The van der Waals surface area contributed by atoms with Gasteiger partial charge in [0.1, 0.15) is 5.75 Å². The van der Waals surface area contributed by atoms with E-state index in [0.717, 1.165) is 12.0 Å². The molecular weight excluding hydrogens is 278 g/mol. The summed E-state index contributed by atoms with van der Waals surface area (Å²) in [6.45, 7) is 4.19. The molecule has 0 unspecified atom stereocenters. The minimum atomic E-state index is -0.255. The molecule has 1 atom stereocenters. The van der Waals surface area contributed by atoms with Crippen LogP contribution >= 0.6 is 11.6 Å². The van der Waals surface area contributed by atoms with Crippen LogP contribution in [0.15, 0.2) is 22.7 Å². The Labute approximate surface area is 123 Å². The molecule has 2 aromatic rings. The molecule has 5 nitrogen and oxygen atoms in total. The second-order valence-electron chi connectivity index (χ2n) is 5.04. The van der Waals surface area contributed by atoms with Gasteiger partial charge in [0.2, 0.25) is 11.7 Å². The highest BCUT2D eigenvalue weighted by Gasteiger charge is 2.18. The van der Waals surface area contributed by atoms with Crippen LogP contribution in [0.4, 0.5) is 0 Å². The van der Waals surface area contributed by atoms with E-state index in [1.807, 2.05) is 0 Å². The second kappa shape index (κ2) is 6.24. The number of ether oxygens (including phenoxy) is 1. The summed E-state index contributed by atoms with van der Waals surface area (Å²) in [6.07, 6.45) is 0.791. The highest BCUT2D eigenvalue weighted by Crippen LogP contribution is 2.31. The Bertz CT molecular complexity index is 584. The smallest absolute Gasteiger partial charge is 0.243 e. The largest absolute Gasteiger partial charge is 0.496 e. The lowest BCUT2D eigenvalue weighted by molar-refractivity contribution is 0.335. The number of halogens is 1. The molecule has 20 heavy (non-hydrogen) atoms. The van der Waals surface area contributed by atoms with Crippen molar-refractivity contribution in [2.75, 3.05) is 7.11 Å². The fraction of sp³-hybridized carbons (Fsp3) is 0.429. The molecule has 0 spiro atoms. The van der Waals surface area contributed by atoms with E-state index in [1.54, 1.807) is 25.3 Å². The average molecular weight is 296 g/mol. The Balaban J connectivity index is 2.29. The van der Waals surface area contributed by atoms with Gasteiger partial charge in [-0.05, 0) is 30.5 Å². The van der Waals surface area contributed by atoms with Crippen LogP contribution in [0, 0.1) is 5.92 Å². The summed E-state index contributed by atoms with van der Waals surface area (Å²) in [5.74, 6) is 1.95. The summed E-state index contributed by atoms with van der Waals surface area (Å²) < 4.78 is 10.5. The Kier molecular flexibility index (Phi) is 4.62. The minimum absolute atomic E-state index is 0.255. The fourth-order valence-corrected chi connectivity index (χ4v) is 2.12. The average Bonchev–Trinajstić information content (AvgIpc) is 2.87. The van der Waals surface area contributed by atoms with Gasteiger partial charge in [-0.1, -0.05) is 30.6 Å². The van der Waals surface area contributed by atoms with Crippen molar-refractivity contribution in [3.05, 3.63) is 29.1 Å². The molecule has 6 heteroatoms. The van der Waals surface area contributed by atoms with Gasteiger partial charge in [0.05, 0.1) is 18.7 Å². The van der Waals surface area contributed by atoms with Crippen molar-refractivity contribution in [3.8, 4) is 17.1 Å². The molecule has 1 aromatic heterocycles. The summed E-state index contributed by atoms with van der Waals surface area (Å²) >= 11 is 5.93. The predicted molar refractivity (Wildman–Crippen MR) is 77.7 cm³/mol. The number of benzene rings is 1. The molecule has 0 fully saturated rings. The van der Waals surface area contributed by atoms with Gasteiger partial charge < -0.3 is 15.0 Å². The van der Waals surface area contributed by atoms with Gasteiger partial charge in [0.15, 0.2) is 0 Å². The molecule has 0 aliphatic rings. The van der Waals surface area contributed by atoms with Crippen LogP contribution in [0.5, 0.6) is 5.75 Å². The second-order valence-corrected chi connectivity index (χ2v) is 5.47. The first-order valence-corrected chi connectivity index (χ1v) is 6.82. The van der Waals surface area contributed by atoms with Crippen molar-refractivity contribution in [2.24, 2.45) is 11.7 Å². The van der Waals surface area contributed by atoms with Crippen LogP contribution in [0.3, 0.4) is 0 Å². The van der Waals surface area contributed by atoms with Crippen LogP contribution in [0.25, 0.3) is 11.4 Å². The van der Waals surface area contributed by atoms with Crippen LogP contribution in [0.2, 0.25) is 5.02 Å². The Morgan fingerprint density at radius 2 is 2.15 bits per heavy atom. The van der Waals surface area contributed by atoms with E-state index in [9.17, 15) is 0 Å². The number of aromatic nitrogens is 2. The van der Waals surface area contributed by atoms with Gasteiger partial charge in [-0.3, -0.25) is 0 Å². The van der Waals surface area contributed by atoms with Crippen molar-refractivity contribution in [2.45, 2.75) is 26.3 Å². The van der Waals surface area contributed by atoms with Gasteiger partial charge >= 0.3 is 0 Å². The molecule has 0 aliphatic carbocycles. The first-order chi connectivity index (χ1) is 9.51. The molecule has 0 saturated carbocycles. The number of nitrogens with zero attached hydrogens (tertiary/aromatic N) is 2. The topological polar surface area (TPSA) is 74.2 Å². The molecule has 1 heterocycles. The van der Waals surface area contributed by atoms with Crippen molar-refractivity contribution >= 4 is 11.6 Å². The van der Waals surface area contributed by atoms with E-state index < -0.39 is 0 Å². The van der Waals surface area contributed by atoms with E-state index >= 15 is 0 Å². The third-order valence-corrected chi connectivity index (χ3v) is 3.12. The van der Waals surface area contributed by atoms with Gasteiger partial charge in [0.25, 0.3) is 0 Å². The van der Waals surface area contributed by atoms with E-state index in [-0.39, 0.29) is 6.04 Å². The summed E-state index contributed by atoms with van der Waals surface area (Å²) in [7, 11) is 1.57. The number of methoxy groups -OCH3 is 1. The zero-order chi connectivity index (χ0) is 14.7. The molecule has 2 rings (SSSR count). The molecule has 0 bridgehead atoms. The van der Waals surface area contributed by atoms with Crippen LogP contribution in [0.1, 0.15) is 32.2 Å². The SMILES string of the molecule is COc1cc(Cl)ccc1-c1noc([C@@H](N)CC(C)C)n1. The maximum absolute atomic E-state index is 6.03. The van der Waals surface area contributed by atoms with Crippen molar-refractivity contribution in [1.29, 1.82) is 0 Å². The normalized spacial score (nSPS) is 12.7. The Morgan fingerprint density at radius 3 is 2.80 bits per heavy atom. The molecule has 0 saturated heterocycles. The summed E-state index contributed by atoms with van der Waals surface area (Å²) in [4.78, 5) is 4.35. The van der Waals surface area contributed by atoms with E-state index in [0.29, 0.717) is 28.4 Å². The van der Waals surface area contributed by atoms with E-state index in [4.69, 9.17) is 26.6 Å². The van der Waals surface area contributed by atoms with Crippen LogP contribution < -0.4 is 10.5 Å². The summed E-state index contributed by atoms with van der Waals surface area (Å²) in [5.41, 5.74) is 6.76. The molecule has 0 aliphatic heterocycles. The fourth-order valence-electron chi connectivity index (χ4n) is 1.95. The zero-order valence-corrected chi connectivity index (χ0v) is 12.5. The maximum Gasteiger partial charge on any atom is 0.243 e. The van der Waals surface area contributed by atoms with E-state index in [2.05, 4.69) is 24.0 Å². The first kappa shape index (κ1) is 14.8. The van der Waals surface area contributed by atoms with Crippen molar-refractivity contribution in [1.82, 2.24) is 10.1 Å². The Morgan fingerprint density at radius 1 is 1.40 bits per heavy atom. The monoisotopic (exact) mass is 295 g/mol. The van der Waals surface area contributed by atoms with Crippen molar-refractivity contribution in [3.63, 3.8) is 0 Å². The molecule has 108 valence electrons. The number of hydrogen-bond acceptors (Lipinski definition) is 5. The summed E-state index contributed by atoms with van der Waals surface area (Å²) in [5, 5.41) is 4.55. The minimum Gasteiger partial charge on any atom is -0.496 e. The standard InChI is InChI=1S/C14H18ClN3O2/c1-8(2)6-11(16)14-17-13(18-20-14)10-5-4-9(15)7-12(10)19-3/h4-5,7-8,11H,6,16H2,1-3H3/t11-/m0/s1. The lowest BCUT2D eigenvalue weighted by Crippen LogP contribution is -2.13. The number of nitrogens with two attached hydrogens (primary N) is 1. The highest BCUT2D eigenvalue weighted by molar-refractivity contribution is 6.30. The Hall–Kier alpha value is -1.59. The number of rotatable bonds is 5. The molecular formula is C14H18ClN3O2. The molecule has 0 amide bonds. The molecule has 2 N–H and O–H groups in total. The van der Waals surface area contributed by atoms with Crippen LogP contribution in [-0.4, -0.2) is 17.3 Å². The summed E-state index contributed by atoms with van der Waals surface area (Å²) in [6, 6.07) is 5.00. The predicted octanol–water partition coefficient (Wildman–Crippen LogP) is 3.44. The zero-order valence-electron chi connectivity index (χ0n) is 11.8. The van der Waals surface area contributed by atoms with Gasteiger partial charge in [-0.15, -0.1) is 0 Å². The molecule has 1 aromatic carbocycles. The van der Waals surface area contributed by atoms with Crippen molar-refractivity contribution < 1.29 is 9.26 Å². The lowest BCUT2D eigenvalue weighted by atomic mass is 10.0. The van der Waals surface area contributed by atoms with Gasteiger partial charge in [-0.2, -0.15) is 4.98 Å². The third-order valence-electron chi connectivity index (χ3n) is 2.89. The highest BCUT2D eigenvalue weighted by atomic mass is 35.5. The van der Waals surface area contributed by atoms with Crippen LogP contribution in [-0.2, 0) is 0 Å². The van der Waals surface area contributed by atoms with Gasteiger partial charge in [-0.25, -0.2) is 0 Å². The quantitative estimate of drug-likeness (QED) is 0.914. The first-order valence-electron chi connectivity index (χ1n) is 6.44. The molecule has 0 radical (unpaired) electrons. The lowest BCUT2D eigenvalue weighted by Gasteiger charge is -2.08. The van der Waals surface area contributed by atoms with Gasteiger partial charge in [0, 0.05) is 5.02 Å². The number of hydrogen-bond donors (Lipinski definition) is 1.